The molecule has 1 amide bonds. The highest BCUT2D eigenvalue weighted by Crippen LogP contribution is 2.23. The summed E-state index contributed by atoms with van der Waals surface area (Å²) in [6.45, 7) is 1.78. The minimum atomic E-state index is -0.353. The Morgan fingerprint density at radius 2 is 2.31 bits per heavy atom. The third-order valence-corrected chi connectivity index (χ3v) is 2.52. The molecule has 0 aromatic heterocycles. The number of ether oxygens (including phenoxy) is 1. The van der Waals surface area contributed by atoms with E-state index in [2.05, 4.69) is 5.32 Å². The lowest BCUT2D eigenvalue weighted by Crippen LogP contribution is -2.33. The van der Waals surface area contributed by atoms with E-state index in [0.29, 0.717) is 11.6 Å². The van der Waals surface area contributed by atoms with Crippen LogP contribution in [0.15, 0.2) is 18.2 Å². The van der Waals surface area contributed by atoms with Gasteiger partial charge in [0, 0.05) is 18.0 Å². The number of alkyl halides is 1. The Morgan fingerprint density at radius 3 is 2.81 bits per heavy atom. The topological polar surface area (TPSA) is 58.6 Å². The van der Waals surface area contributed by atoms with Gasteiger partial charge in [0.2, 0.25) is 0 Å². The predicted octanol–water partition coefficient (Wildman–Crippen LogP) is 1.76. The summed E-state index contributed by atoms with van der Waals surface area (Å²) >= 11 is 5.57. The van der Waals surface area contributed by atoms with Gasteiger partial charge < -0.3 is 15.2 Å². The van der Waals surface area contributed by atoms with Crippen LogP contribution < -0.4 is 10.1 Å². The van der Waals surface area contributed by atoms with Crippen LogP contribution in [0.3, 0.4) is 0 Å². The first-order valence-electron chi connectivity index (χ1n) is 4.82. The molecule has 1 aromatic carbocycles. The lowest BCUT2D eigenvalue weighted by molar-refractivity contribution is 0.0941. The van der Waals surface area contributed by atoms with Crippen molar-refractivity contribution in [3.8, 4) is 11.5 Å². The van der Waals surface area contributed by atoms with E-state index in [1.54, 1.807) is 13.0 Å². The van der Waals surface area contributed by atoms with E-state index < -0.39 is 0 Å². The molecule has 0 saturated heterocycles. The van der Waals surface area contributed by atoms with Crippen molar-refractivity contribution in [1.82, 2.24) is 5.32 Å². The molecule has 0 aliphatic heterocycles. The molecule has 1 atom stereocenters. The Kier molecular flexibility index (Phi) is 4.43. The molecule has 0 radical (unpaired) electrons. The van der Waals surface area contributed by atoms with Crippen molar-refractivity contribution in [3.63, 3.8) is 0 Å². The van der Waals surface area contributed by atoms with Gasteiger partial charge in [0.15, 0.2) is 0 Å². The molecule has 4 nitrogen and oxygen atoms in total. The lowest BCUT2D eigenvalue weighted by atomic mass is 10.1. The molecule has 0 aliphatic rings. The van der Waals surface area contributed by atoms with E-state index in [-0.39, 0.29) is 23.3 Å². The summed E-state index contributed by atoms with van der Waals surface area (Å²) in [4.78, 5) is 11.7. The molecule has 0 bridgehead atoms. The highest BCUT2D eigenvalue weighted by atomic mass is 35.5. The monoisotopic (exact) mass is 243 g/mol. The fraction of sp³-hybridized carbons (Fsp3) is 0.364. The average Bonchev–Trinajstić information content (AvgIpc) is 2.28. The van der Waals surface area contributed by atoms with E-state index in [1.165, 1.54) is 19.2 Å². The van der Waals surface area contributed by atoms with Gasteiger partial charge in [-0.15, -0.1) is 11.6 Å². The van der Waals surface area contributed by atoms with Crippen LogP contribution in [0.5, 0.6) is 11.5 Å². The van der Waals surface area contributed by atoms with Gasteiger partial charge >= 0.3 is 0 Å². The molecule has 0 spiro atoms. The van der Waals surface area contributed by atoms with Crippen LogP contribution in [0, 0.1) is 0 Å². The lowest BCUT2D eigenvalue weighted by Gasteiger charge is -2.11. The zero-order valence-electron chi connectivity index (χ0n) is 9.16. The van der Waals surface area contributed by atoms with Crippen molar-refractivity contribution in [2.75, 3.05) is 13.0 Å². The number of benzene rings is 1. The Bertz CT molecular complexity index is 381. The second kappa shape index (κ2) is 5.61. The van der Waals surface area contributed by atoms with Crippen molar-refractivity contribution in [2.24, 2.45) is 0 Å². The zero-order valence-corrected chi connectivity index (χ0v) is 9.91. The van der Waals surface area contributed by atoms with Gasteiger partial charge in [-0.3, -0.25) is 4.79 Å². The van der Waals surface area contributed by atoms with E-state index in [0.717, 1.165) is 0 Å². The quantitative estimate of drug-likeness (QED) is 0.793. The number of amides is 1. The first-order valence-corrected chi connectivity index (χ1v) is 5.35. The highest BCUT2D eigenvalue weighted by molar-refractivity contribution is 6.18. The molecule has 0 saturated carbocycles. The Hall–Kier alpha value is -1.42. The number of methoxy groups -OCH3 is 1. The van der Waals surface area contributed by atoms with Crippen LogP contribution in [0.2, 0.25) is 0 Å². The number of phenolic OH excluding ortho intramolecular Hbond substituents is 1. The maximum absolute atomic E-state index is 11.7. The van der Waals surface area contributed by atoms with Crippen molar-refractivity contribution in [2.45, 2.75) is 13.0 Å². The second-order valence-corrected chi connectivity index (χ2v) is 3.72. The summed E-state index contributed by atoms with van der Waals surface area (Å²) in [5.41, 5.74) is 0.206. The number of nitrogens with one attached hydrogen (secondary N) is 1. The summed E-state index contributed by atoms with van der Waals surface area (Å²) in [5, 5.41) is 12.3. The van der Waals surface area contributed by atoms with Crippen LogP contribution >= 0.6 is 11.6 Å². The third-order valence-electron chi connectivity index (χ3n) is 2.06. The molecule has 88 valence electrons. The molecule has 1 unspecified atom stereocenters. The number of rotatable bonds is 4. The number of hydrogen-bond acceptors (Lipinski definition) is 3. The molecule has 16 heavy (non-hydrogen) atoms. The smallest absolute Gasteiger partial charge is 0.255 e. The first-order chi connectivity index (χ1) is 7.58. The molecule has 1 aromatic rings. The summed E-state index contributed by atoms with van der Waals surface area (Å²) in [7, 11) is 1.49. The largest absolute Gasteiger partial charge is 0.507 e. The Morgan fingerprint density at radius 1 is 1.62 bits per heavy atom. The van der Waals surface area contributed by atoms with Gasteiger partial charge in [0.1, 0.15) is 11.5 Å². The summed E-state index contributed by atoms with van der Waals surface area (Å²) < 4.78 is 4.92. The molecular weight excluding hydrogens is 230 g/mol. The van der Waals surface area contributed by atoms with Crippen molar-refractivity contribution < 1.29 is 14.6 Å². The maximum atomic E-state index is 11.7. The van der Waals surface area contributed by atoms with Gasteiger partial charge in [0.05, 0.1) is 12.7 Å². The van der Waals surface area contributed by atoms with Gasteiger partial charge in [-0.25, -0.2) is 0 Å². The Balaban J connectivity index is 2.84. The number of phenols is 1. The van der Waals surface area contributed by atoms with E-state index in [9.17, 15) is 9.90 Å². The molecule has 5 heteroatoms. The number of hydrogen-bond donors (Lipinski definition) is 2. The van der Waals surface area contributed by atoms with Gasteiger partial charge in [-0.05, 0) is 19.1 Å². The minimum Gasteiger partial charge on any atom is -0.507 e. The normalized spacial score (nSPS) is 11.9. The Labute approximate surface area is 99.2 Å². The highest BCUT2D eigenvalue weighted by Gasteiger charge is 2.13. The molecule has 2 N–H and O–H groups in total. The maximum Gasteiger partial charge on any atom is 0.255 e. The van der Waals surface area contributed by atoms with Gasteiger partial charge in [-0.2, -0.15) is 0 Å². The number of aromatic hydroxyl groups is 1. The molecule has 1 rings (SSSR count). The SMILES string of the molecule is COc1ccc(C(=O)NC(C)CCl)c(O)c1. The number of carbonyl (C=O) groups excluding carboxylic acids is 1. The van der Waals surface area contributed by atoms with Crippen molar-refractivity contribution >= 4 is 17.5 Å². The van der Waals surface area contributed by atoms with Crippen molar-refractivity contribution in [3.05, 3.63) is 23.8 Å². The van der Waals surface area contributed by atoms with E-state index in [1.807, 2.05) is 0 Å². The second-order valence-electron chi connectivity index (χ2n) is 3.41. The van der Waals surface area contributed by atoms with Crippen LogP contribution in [0.4, 0.5) is 0 Å². The minimum absolute atomic E-state index is 0.112. The average molecular weight is 244 g/mol. The van der Waals surface area contributed by atoms with Crippen LogP contribution in [0.1, 0.15) is 17.3 Å². The summed E-state index contributed by atoms with van der Waals surface area (Å²) in [6.07, 6.45) is 0. The van der Waals surface area contributed by atoms with Crippen LogP contribution in [-0.4, -0.2) is 30.0 Å². The third kappa shape index (κ3) is 3.03. The zero-order chi connectivity index (χ0) is 12.1. The van der Waals surface area contributed by atoms with Crippen LogP contribution in [-0.2, 0) is 0 Å². The fourth-order valence-electron chi connectivity index (χ4n) is 1.17. The van der Waals surface area contributed by atoms with E-state index >= 15 is 0 Å². The first kappa shape index (κ1) is 12.6. The molecular formula is C11H14ClNO3. The van der Waals surface area contributed by atoms with E-state index in [4.69, 9.17) is 16.3 Å². The number of carbonyl (C=O) groups is 1. The standard InChI is InChI=1S/C11H14ClNO3/c1-7(6-12)13-11(15)9-4-3-8(16-2)5-10(9)14/h3-5,7,14H,6H2,1-2H3,(H,13,15). The predicted molar refractivity (Wildman–Crippen MR) is 62.3 cm³/mol. The van der Waals surface area contributed by atoms with Gasteiger partial charge in [0.25, 0.3) is 5.91 Å². The molecule has 0 heterocycles. The van der Waals surface area contributed by atoms with Crippen LogP contribution in [0.25, 0.3) is 0 Å². The molecule has 0 aliphatic carbocycles. The van der Waals surface area contributed by atoms with Crippen molar-refractivity contribution in [1.29, 1.82) is 0 Å². The fourth-order valence-corrected chi connectivity index (χ4v) is 1.25. The summed E-state index contributed by atoms with van der Waals surface area (Å²) in [5.74, 6) is 0.356. The number of halogens is 1. The van der Waals surface area contributed by atoms with Gasteiger partial charge in [-0.1, -0.05) is 0 Å². The molecule has 0 fully saturated rings. The summed E-state index contributed by atoms with van der Waals surface area (Å²) in [6, 6.07) is 4.36.